The molecule has 0 N–H and O–H groups in total. The van der Waals surface area contributed by atoms with Gasteiger partial charge in [0.15, 0.2) is 5.82 Å². The van der Waals surface area contributed by atoms with Crippen LogP contribution in [0.15, 0.2) is 41.7 Å². The first-order chi connectivity index (χ1) is 11.1. The van der Waals surface area contributed by atoms with Crippen LogP contribution >= 0.6 is 23.2 Å². The van der Waals surface area contributed by atoms with E-state index < -0.39 is 5.82 Å². The number of hydrogen-bond donors (Lipinski definition) is 0. The smallest absolute Gasteiger partial charge is 0.159 e. The Kier molecular flexibility index (Phi) is 3.36. The zero-order valence-corrected chi connectivity index (χ0v) is 13.1. The minimum absolute atomic E-state index is 0.198. The molecular weight excluding hydrogens is 340 g/mol. The van der Waals surface area contributed by atoms with Gasteiger partial charge < -0.3 is 0 Å². The summed E-state index contributed by atoms with van der Waals surface area (Å²) in [4.78, 5) is 8.78. The van der Waals surface area contributed by atoms with E-state index in [-0.39, 0.29) is 22.3 Å². The highest BCUT2D eigenvalue weighted by atomic mass is 35.5. The summed E-state index contributed by atoms with van der Waals surface area (Å²) in [7, 11) is 0. The van der Waals surface area contributed by atoms with E-state index in [1.807, 2.05) is 0 Å². The molecule has 0 saturated carbocycles. The predicted molar refractivity (Wildman–Crippen MR) is 84.9 cm³/mol. The zero-order valence-electron chi connectivity index (χ0n) is 11.5. The van der Waals surface area contributed by atoms with Gasteiger partial charge in [-0.25, -0.2) is 9.37 Å². The Morgan fingerprint density at radius 1 is 1.13 bits per heavy atom. The number of aromatic nitrogens is 4. The van der Waals surface area contributed by atoms with Crippen molar-refractivity contribution in [2.45, 2.75) is 6.54 Å². The molecule has 0 atom stereocenters. The average Bonchev–Trinajstić information content (AvgIpc) is 2.93. The van der Waals surface area contributed by atoms with Crippen LogP contribution in [-0.4, -0.2) is 25.5 Å². The number of hydrogen-bond acceptors (Lipinski definition) is 4. The number of pyridine rings is 1. The van der Waals surface area contributed by atoms with E-state index in [4.69, 9.17) is 23.2 Å². The lowest BCUT2D eigenvalue weighted by Gasteiger charge is -2.12. The quantitative estimate of drug-likeness (QED) is 0.633. The molecule has 0 amide bonds. The van der Waals surface area contributed by atoms with Gasteiger partial charge >= 0.3 is 0 Å². The number of rotatable bonds is 1. The van der Waals surface area contributed by atoms with Crippen molar-refractivity contribution in [3.8, 4) is 5.69 Å². The molecule has 3 heterocycles. The number of benzene rings is 1. The van der Waals surface area contributed by atoms with Gasteiger partial charge in [0.1, 0.15) is 29.5 Å². The standard InChI is InChI=1S/C15H8Cl2FN5/c16-8-2-1-3-9(18)13(8)15-14-10(4-5-11(17)21-14)23-7-20-22-12(23)6-19-15/h1-5,7H,6H2. The number of fused-ring (bicyclic) bond motifs is 3. The molecule has 4 rings (SSSR count). The Bertz CT molecular complexity index is 931. The third kappa shape index (κ3) is 2.31. The number of halogens is 3. The lowest BCUT2D eigenvalue weighted by Crippen LogP contribution is -2.12. The van der Waals surface area contributed by atoms with Gasteiger partial charge in [0.2, 0.25) is 0 Å². The first-order valence-corrected chi connectivity index (χ1v) is 7.46. The first kappa shape index (κ1) is 14.3. The van der Waals surface area contributed by atoms with Crippen LogP contribution in [-0.2, 0) is 6.54 Å². The molecule has 5 nitrogen and oxygen atoms in total. The van der Waals surface area contributed by atoms with Gasteiger partial charge in [0, 0.05) is 0 Å². The summed E-state index contributed by atoms with van der Waals surface area (Å²) in [5.41, 5.74) is 1.65. The topological polar surface area (TPSA) is 56.0 Å². The fraction of sp³-hybridized carbons (Fsp3) is 0.0667. The van der Waals surface area contributed by atoms with Crippen LogP contribution in [0.5, 0.6) is 0 Å². The number of aliphatic imine (C=N–C) groups is 1. The second-order valence-electron chi connectivity index (χ2n) is 4.88. The summed E-state index contributed by atoms with van der Waals surface area (Å²) in [6, 6.07) is 7.90. The molecule has 1 aromatic carbocycles. The van der Waals surface area contributed by atoms with E-state index in [1.54, 1.807) is 35.2 Å². The van der Waals surface area contributed by atoms with E-state index in [1.165, 1.54) is 6.07 Å². The lowest BCUT2D eigenvalue weighted by molar-refractivity contribution is 0.625. The first-order valence-electron chi connectivity index (χ1n) is 6.70. The zero-order chi connectivity index (χ0) is 16.0. The van der Waals surface area contributed by atoms with E-state index in [0.29, 0.717) is 22.9 Å². The molecule has 3 aromatic rings. The van der Waals surface area contributed by atoms with E-state index in [9.17, 15) is 4.39 Å². The summed E-state index contributed by atoms with van der Waals surface area (Å²) >= 11 is 12.2. The molecule has 0 aliphatic carbocycles. The molecule has 0 saturated heterocycles. The highest BCUT2D eigenvalue weighted by Crippen LogP contribution is 2.28. The summed E-state index contributed by atoms with van der Waals surface area (Å²) in [6.07, 6.45) is 1.56. The van der Waals surface area contributed by atoms with Crippen molar-refractivity contribution in [1.29, 1.82) is 0 Å². The SMILES string of the molecule is Fc1cccc(Cl)c1C1=NCc2nncn2-c2ccc(Cl)nc21. The molecule has 0 fully saturated rings. The molecule has 0 bridgehead atoms. The maximum Gasteiger partial charge on any atom is 0.159 e. The van der Waals surface area contributed by atoms with Crippen molar-refractivity contribution in [2.24, 2.45) is 4.99 Å². The van der Waals surface area contributed by atoms with Crippen molar-refractivity contribution in [2.75, 3.05) is 0 Å². The van der Waals surface area contributed by atoms with Crippen LogP contribution in [0.1, 0.15) is 17.1 Å². The molecule has 0 spiro atoms. The summed E-state index contributed by atoms with van der Waals surface area (Å²) < 4.78 is 16.1. The van der Waals surface area contributed by atoms with Gasteiger partial charge in [0.05, 0.1) is 22.0 Å². The molecular formula is C15H8Cl2FN5. The summed E-state index contributed by atoms with van der Waals surface area (Å²) in [5, 5.41) is 8.45. The van der Waals surface area contributed by atoms with Crippen molar-refractivity contribution in [1.82, 2.24) is 19.7 Å². The average molecular weight is 348 g/mol. The van der Waals surface area contributed by atoms with E-state index in [0.717, 1.165) is 0 Å². The Morgan fingerprint density at radius 2 is 2.00 bits per heavy atom. The molecule has 23 heavy (non-hydrogen) atoms. The van der Waals surface area contributed by atoms with Crippen LogP contribution in [0.3, 0.4) is 0 Å². The fourth-order valence-corrected chi connectivity index (χ4v) is 2.91. The molecule has 0 radical (unpaired) electrons. The largest absolute Gasteiger partial charge is 0.282 e. The number of nitrogens with zero attached hydrogens (tertiary/aromatic N) is 5. The van der Waals surface area contributed by atoms with Crippen LogP contribution in [0.2, 0.25) is 10.2 Å². The highest BCUT2D eigenvalue weighted by Gasteiger charge is 2.24. The van der Waals surface area contributed by atoms with Crippen LogP contribution in [0.25, 0.3) is 5.69 Å². The van der Waals surface area contributed by atoms with Crippen molar-refractivity contribution in [3.05, 3.63) is 69.7 Å². The Balaban J connectivity index is 2.04. The predicted octanol–water partition coefficient (Wildman–Crippen LogP) is 3.46. The third-order valence-electron chi connectivity index (χ3n) is 3.52. The molecule has 2 aromatic heterocycles. The highest BCUT2D eigenvalue weighted by molar-refractivity contribution is 6.36. The Hall–Kier alpha value is -2.31. The fourth-order valence-electron chi connectivity index (χ4n) is 2.51. The van der Waals surface area contributed by atoms with Gasteiger partial charge in [-0.15, -0.1) is 10.2 Å². The molecule has 1 aliphatic heterocycles. The Labute approximate surface area is 140 Å². The van der Waals surface area contributed by atoms with Gasteiger partial charge in [-0.1, -0.05) is 29.3 Å². The molecule has 8 heteroatoms. The van der Waals surface area contributed by atoms with Crippen LogP contribution in [0.4, 0.5) is 4.39 Å². The normalized spacial score (nSPS) is 13.1. The maximum atomic E-state index is 14.4. The van der Waals surface area contributed by atoms with Crippen molar-refractivity contribution < 1.29 is 4.39 Å². The molecule has 1 aliphatic rings. The minimum atomic E-state index is -0.471. The minimum Gasteiger partial charge on any atom is -0.282 e. The van der Waals surface area contributed by atoms with Gasteiger partial charge in [-0.3, -0.25) is 9.56 Å². The maximum absolute atomic E-state index is 14.4. The molecule has 114 valence electrons. The van der Waals surface area contributed by atoms with Gasteiger partial charge in [-0.2, -0.15) is 0 Å². The van der Waals surface area contributed by atoms with Crippen LogP contribution < -0.4 is 0 Å². The molecule has 0 unspecified atom stereocenters. The van der Waals surface area contributed by atoms with Crippen molar-refractivity contribution in [3.63, 3.8) is 0 Å². The van der Waals surface area contributed by atoms with Crippen LogP contribution in [0, 0.1) is 5.82 Å². The second kappa shape index (κ2) is 5.40. The Morgan fingerprint density at radius 3 is 2.83 bits per heavy atom. The monoisotopic (exact) mass is 347 g/mol. The summed E-state index contributed by atoms with van der Waals surface area (Å²) in [6.45, 7) is 0.230. The summed E-state index contributed by atoms with van der Waals surface area (Å²) in [5.74, 6) is 0.152. The van der Waals surface area contributed by atoms with Gasteiger partial charge in [0.25, 0.3) is 0 Å². The lowest BCUT2D eigenvalue weighted by atomic mass is 10.0. The van der Waals surface area contributed by atoms with Crippen molar-refractivity contribution >= 4 is 28.9 Å². The van der Waals surface area contributed by atoms with Gasteiger partial charge in [-0.05, 0) is 24.3 Å². The second-order valence-corrected chi connectivity index (χ2v) is 5.67. The van der Waals surface area contributed by atoms with E-state index in [2.05, 4.69) is 20.2 Å². The van der Waals surface area contributed by atoms with E-state index >= 15 is 0 Å². The third-order valence-corrected chi connectivity index (χ3v) is 4.05.